The number of hydrogen-bond acceptors (Lipinski definition) is 3. The highest BCUT2D eigenvalue weighted by molar-refractivity contribution is 5.89. The molecule has 24 heavy (non-hydrogen) atoms. The number of benzene rings is 1. The number of methoxy groups -OCH3 is 1. The van der Waals surface area contributed by atoms with Crippen LogP contribution >= 0.6 is 0 Å². The molecule has 1 aromatic carbocycles. The lowest BCUT2D eigenvalue weighted by molar-refractivity contribution is 0.186. The number of urea groups is 1. The number of nitrogens with zero attached hydrogens (tertiary/aromatic N) is 3. The van der Waals surface area contributed by atoms with Crippen LogP contribution in [0.1, 0.15) is 19.8 Å². The van der Waals surface area contributed by atoms with Gasteiger partial charge in [0.15, 0.2) is 0 Å². The number of carbonyl (C=O) groups is 1. The molecule has 0 radical (unpaired) electrons. The van der Waals surface area contributed by atoms with Crippen LogP contribution in [0.15, 0.2) is 30.3 Å². The van der Waals surface area contributed by atoms with E-state index in [0.29, 0.717) is 11.7 Å². The van der Waals surface area contributed by atoms with E-state index in [1.54, 1.807) is 11.8 Å². The molecule has 1 N–H and O–H groups in total. The summed E-state index contributed by atoms with van der Waals surface area (Å²) in [5, 5.41) is 7.46. The van der Waals surface area contributed by atoms with Gasteiger partial charge in [-0.05, 0) is 30.9 Å². The lowest BCUT2D eigenvalue weighted by Gasteiger charge is -2.30. The molecule has 6 nitrogen and oxygen atoms in total. The van der Waals surface area contributed by atoms with Crippen molar-refractivity contribution in [2.75, 3.05) is 25.5 Å². The van der Waals surface area contributed by atoms with Crippen molar-refractivity contribution in [3.05, 3.63) is 30.3 Å². The van der Waals surface area contributed by atoms with Crippen LogP contribution in [0.4, 0.5) is 10.6 Å². The van der Waals surface area contributed by atoms with Crippen LogP contribution in [-0.2, 0) is 7.05 Å². The maximum atomic E-state index is 12.4. The summed E-state index contributed by atoms with van der Waals surface area (Å²) in [7, 11) is 3.47. The first-order valence-electron chi connectivity index (χ1n) is 8.31. The third kappa shape index (κ3) is 3.53. The van der Waals surface area contributed by atoms with E-state index in [-0.39, 0.29) is 6.03 Å². The van der Waals surface area contributed by atoms with E-state index in [1.807, 2.05) is 42.3 Å². The summed E-state index contributed by atoms with van der Waals surface area (Å²) in [6.45, 7) is 3.86. The van der Waals surface area contributed by atoms with Gasteiger partial charge in [-0.1, -0.05) is 19.1 Å². The molecule has 2 heterocycles. The normalized spacial score (nSPS) is 15.4. The first-order chi connectivity index (χ1) is 11.6. The highest BCUT2D eigenvalue weighted by atomic mass is 16.5. The Bertz CT molecular complexity index is 718. The first-order valence-corrected chi connectivity index (χ1v) is 8.31. The Morgan fingerprint density at radius 2 is 2.04 bits per heavy atom. The van der Waals surface area contributed by atoms with Gasteiger partial charge in [-0.3, -0.25) is 10.00 Å². The molecule has 2 aromatic rings. The van der Waals surface area contributed by atoms with Crippen LogP contribution in [0.5, 0.6) is 5.75 Å². The Hall–Kier alpha value is -2.50. The van der Waals surface area contributed by atoms with E-state index in [1.165, 1.54) is 0 Å². The summed E-state index contributed by atoms with van der Waals surface area (Å²) in [4.78, 5) is 14.3. The molecule has 6 heteroatoms. The van der Waals surface area contributed by atoms with Crippen LogP contribution < -0.4 is 10.1 Å². The Labute approximate surface area is 142 Å². The van der Waals surface area contributed by atoms with Gasteiger partial charge in [0, 0.05) is 31.8 Å². The molecule has 1 aliphatic rings. The van der Waals surface area contributed by atoms with Crippen LogP contribution in [0.2, 0.25) is 0 Å². The van der Waals surface area contributed by atoms with E-state index in [2.05, 4.69) is 17.3 Å². The SMILES string of the molecule is COc1cccc(-c2cc(NC(=O)N3CCC(C)CC3)n(C)n2)c1. The zero-order chi connectivity index (χ0) is 17.1. The fraction of sp³-hybridized carbons (Fsp3) is 0.444. The van der Waals surface area contributed by atoms with Gasteiger partial charge in [0.2, 0.25) is 0 Å². The molecular weight excluding hydrogens is 304 g/mol. The number of rotatable bonds is 3. The highest BCUT2D eigenvalue weighted by Gasteiger charge is 2.21. The van der Waals surface area contributed by atoms with Gasteiger partial charge in [-0.15, -0.1) is 0 Å². The van der Waals surface area contributed by atoms with Crippen LogP contribution in [0, 0.1) is 5.92 Å². The quantitative estimate of drug-likeness (QED) is 0.940. The second-order valence-electron chi connectivity index (χ2n) is 6.37. The van der Waals surface area contributed by atoms with Gasteiger partial charge in [0.1, 0.15) is 11.6 Å². The smallest absolute Gasteiger partial charge is 0.322 e. The van der Waals surface area contributed by atoms with Crippen molar-refractivity contribution < 1.29 is 9.53 Å². The maximum Gasteiger partial charge on any atom is 0.322 e. The number of anilines is 1. The van der Waals surface area contributed by atoms with Crippen molar-refractivity contribution in [2.24, 2.45) is 13.0 Å². The van der Waals surface area contributed by atoms with Crippen molar-refractivity contribution in [1.29, 1.82) is 0 Å². The third-order valence-electron chi connectivity index (χ3n) is 4.55. The molecule has 0 spiro atoms. The van der Waals surface area contributed by atoms with Crippen LogP contribution in [-0.4, -0.2) is 40.9 Å². The van der Waals surface area contributed by atoms with Gasteiger partial charge >= 0.3 is 6.03 Å². The molecule has 1 aliphatic heterocycles. The molecule has 3 rings (SSSR count). The van der Waals surface area contributed by atoms with Crippen molar-refractivity contribution in [3.63, 3.8) is 0 Å². The minimum Gasteiger partial charge on any atom is -0.497 e. The molecule has 1 fully saturated rings. The zero-order valence-corrected chi connectivity index (χ0v) is 14.5. The van der Waals surface area contributed by atoms with Gasteiger partial charge < -0.3 is 9.64 Å². The van der Waals surface area contributed by atoms with E-state index in [4.69, 9.17) is 4.74 Å². The molecule has 1 aromatic heterocycles. The highest BCUT2D eigenvalue weighted by Crippen LogP contribution is 2.25. The number of piperidine rings is 1. The topological polar surface area (TPSA) is 59.4 Å². The average Bonchev–Trinajstić information content (AvgIpc) is 2.96. The minimum atomic E-state index is -0.0536. The van der Waals surface area contributed by atoms with Gasteiger partial charge in [-0.25, -0.2) is 4.79 Å². The second-order valence-corrected chi connectivity index (χ2v) is 6.37. The molecule has 0 aliphatic carbocycles. The molecular formula is C18H24N4O2. The predicted molar refractivity (Wildman–Crippen MR) is 94.2 cm³/mol. The lowest BCUT2D eigenvalue weighted by Crippen LogP contribution is -2.40. The summed E-state index contributed by atoms with van der Waals surface area (Å²) in [6, 6.07) is 9.56. The summed E-state index contributed by atoms with van der Waals surface area (Å²) in [6.07, 6.45) is 2.13. The number of carbonyl (C=O) groups excluding carboxylic acids is 1. The number of aryl methyl sites for hydroxylation is 1. The first kappa shape index (κ1) is 16.4. The Balaban J connectivity index is 1.73. The fourth-order valence-corrected chi connectivity index (χ4v) is 2.91. The van der Waals surface area contributed by atoms with Crippen molar-refractivity contribution >= 4 is 11.8 Å². The van der Waals surface area contributed by atoms with Gasteiger partial charge in [0.05, 0.1) is 12.8 Å². The average molecular weight is 328 g/mol. The fourth-order valence-electron chi connectivity index (χ4n) is 2.91. The minimum absolute atomic E-state index is 0.0536. The zero-order valence-electron chi connectivity index (χ0n) is 14.5. The van der Waals surface area contributed by atoms with Crippen molar-refractivity contribution in [3.8, 4) is 17.0 Å². The van der Waals surface area contributed by atoms with E-state index in [0.717, 1.165) is 42.9 Å². The Kier molecular flexibility index (Phi) is 4.74. The molecule has 128 valence electrons. The number of hydrogen-bond donors (Lipinski definition) is 1. The van der Waals surface area contributed by atoms with Crippen molar-refractivity contribution in [1.82, 2.24) is 14.7 Å². The monoisotopic (exact) mass is 328 g/mol. The number of nitrogens with one attached hydrogen (secondary N) is 1. The van der Waals surface area contributed by atoms with Crippen LogP contribution in [0.25, 0.3) is 11.3 Å². The van der Waals surface area contributed by atoms with E-state index >= 15 is 0 Å². The predicted octanol–water partition coefficient (Wildman–Crippen LogP) is 3.36. The number of likely N-dealkylation sites (tertiary alicyclic amines) is 1. The lowest BCUT2D eigenvalue weighted by atomic mass is 10.00. The molecule has 0 saturated carbocycles. The van der Waals surface area contributed by atoms with E-state index in [9.17, 15) is 4.79 Å². The molecule has 2 amide bonds. The molecule has 0 bridgehead atoms. The van der Waals surface area contributed by atoms with E-state index < -0.39 is 0 Å². The Morgan fingerprint density at radius 1 is 1.29 bits per heavy atom. The maximum absolute atomic E-state index is 12.4. The molecule has 1 saturated heterocycles. The van der Waals surface area contributed by atoms with Gasteiger partial charge in [-0.2, -0.15) is 5.10 Å². The third-order valence-corrected chi connectivity index (χ3v) is 4.55. The summed E-state index contributed by atoms with van der Waals surface area (Å²) >= 11 is 0. The second kappa shape index (κ2) is 6.95. The number of aromatic nitrogens is 2. The summed E-state index contributed by atoms with van der Waals surface area (Å²) < 4.78 is 6.95. The molecule has 0 unspecified atom stereocenters. The summed E-state index contributed by atoms with van der Waals surface area (Å²) in [5.74, 6) is 2.17. The molecule has 0 atom stereocenters. The Morgan fingerprint density at radius 3 is 2.75 bits per heavy atom. The standard InChI is InChI=1S/C18H24N4O2/c1-13-7-9-22(10-8-13)18(23)19-17-12-16(20-21(17)2)14-5-4-6-15(11-14)24-3/h4-6,11-13H,7-10H2,1-3H3,(H,19,23). The van der Waals surface area contributed by atoms with Crippen LogP contribution in [0.3, 0.4) is 0 Å². The number of ether oxygens (including phenoxy) is 1. The largest absolute Gasteiger partial charge is 0.497 e. The van der Waals surface area contributed by atoms with Gasteiger partial charge in [0.25, 0.3) is 0 Å². The van der Waals surface area contributed by atoms with Crippen molar-refractivity contribution in [2.45, 2.75) is 19.8 Å². The summed E-state index contributed by atoms with van der Waals surface area (Å²) in [5.41, 5.74) is 1.76. The number of amides is 2.